The van der Waals surface area contributed by atoms with Crippen LogP contribution in [0.25, 0.3) is 10.2 Å². The highest BCUT2D eigenvalue weighted by molar-refractivity contribution is 7.18. The van der Waals surface area contributed by atoms with Gasteiger partial charge in [0, 0.05) is 23.6 Å². The number of nitrogens with one attached hydrogen (secondary N) is 1. The Bertz CT molecular complexity index is 1110. The molecule has 3 aliphatic rings. The lowest BCUT2D eigenvalue weighted by Gasteiger charge is -2.52. The number of alkyl halides is 3. The zero-order valence-corrected chi connectivity index (χ0v) is 17.2. The van der Waals surface area contributed by atoms with Gasteiger partial charge in [0.05, 0.1) is 26.8 Å². The summed E-state index contributed by atoms with van der Waals surface area (Å²) >= 11 is 1.25. The van der Waals surface area contributed by atoms with Gasteiger partial charge in [0.2, 0.25) is 0 Å². The molecule has 10 heteroatoms. The fourth-order valence-electron chi connectivity index (χ4n) is 5.07. The summed E-state index contributed by atoms with van der Waals surface area (Å²) in [5, 5.41) is 11.5. The van der Waals surface area contributed by atoms with Gasteiger partial charge in [-0.25, -0.2) is 10.4 Å². The van der Waals surface area contributed by atoms with Crippen LogP contribution in [-0.4, -0.2) is 39.4 Å². The van der Waals surface area contributed by atoms with Crippen LogP contribution in [-0.2, 0) is 22.2 Å². The van der Waals surface area contributed by atoms with E-state index < -0.39 is 23.8 Å². The number of carbonyl (C=O) groups is 2. The lowest BCUT2D eigenvalue weighted by Crippen LogP contribution is -2.62. The van der Waals surface area contributed by atoms with Crippen molar-refractivity contribution >= 4 is 33.3 Å². The fraction of sp³-hybridized carbons (Fsp3) is 0.476. The van der Waals surface area contributed by atoms with Crippen molar-refractivity contribution in [3.8, 4) is 0 Å². The number of carboxylic acid groups (broad SMARTS) is 1. The third-order valence-corrected chi connectivity index (χ3v) is 7.44. The van der Waals surface area contributed by atoms with Gasteiger partial charge in [-0.15, -0.1) is 11.3 Å². The zero-order chi connectivity index (χ0) is 21.9. The van der Waals surface area contributed by atoms with E-state index >= 15 is 0 Å². The number of nitrogens with zero attached hydrogens (tertiary/aromatic N) is 2. The van der Waals surface area contributed by atoms with E-state index in [0.29, 0.717) is 9.71 Å². The van der Waals surface area contributed by atoms with E-state index in [-0.39, 0.29) is 36.1 Å². The maximum absolute atomic E-state index is 13.2. The van der Waals surface area contributed by atoms with E-state index in [0.717, 1.165) is 49.1 Å². The number of ketones is 1. The molecule has 6 nitrogen and oxygen atoms in total. The average molecular weight is 451 g/mol. The number of halogens is 3. The number of thiazole rings is 1. The van der Waals surface area contributed by atoms with Gasteiger partial charge >= 0.3 is 12.1 Å². The predicted molar refractivity (Wildman–Crippen MR) is 107 cm³/mol. The summed E-state index contributed by atoms with van der Waals surface area (Å²) in [5.41, 5.74) is 4.09. The highest BCUT2D eigenvalue weighted by Crippen LogP contribution is 2.52. The number of allylic oxidation sites excluding steroid dienone is 1. The summed E-state index contributed by atoms with van der Waals surface area (Å²) in [5.74, 6) is -0.632. The number of fused-ring (bicyclic) bond motifs is 4. The average Bonchev–Trinajstić information content (AvgIpc) is 3.08. The van der Waals surface area contributed by atoms with Crippen molar-refractivity contribution in [1.29, 1.82) is 0 Å². The molecule has 1 saturated carbocycles. The summed E-state index contributed by atoms with van der Waals surface area (Å²) < 4.78 is 39.5. The Morgan fingerprint density at radius 2 is 2.00 bits per heavy atom. The molecule has 1 aromatic heterocycles. The Hall–Kier alpha value is -2.46. The second-order valence-corrected chi connectivity index (χ2v) is 9.43. The van der Waals surface area contributed by atoms with Gasteiger partial charge in [-0.3, -0.25) is 14.6 Å². The molecule has 31 heavy (non-hydrogen) atoms. The molecule has 1 aromatic carbocycles. The largest absolute Gasteiger partial charge is 0.480 e. The minimum atomic E-state index is -4.44. The molecule has 1 aliphatic heterocycles. The monoisotopic (exact) mass is 451 g/mol. The number of hydrazine groups is 1. The van der Waals surface area contributed by atoms with Crippen molar-refractivity contribution < 1.29 is 27.9 Å². The molecular formula is C21H20F3N3O3S. The zero-order valence-electron chi connectivity index (χ0n) is 16.4. The molecule has 0 amide bonds. The van der Waals surface area contributed by atoms with Crippen molar-refractivity contribution in [3.05, 3.63) is 40.0 Å². The van der Waals surface area contributed by atoms with Crippen molar-refractivity contribution in [2.45, 2.75) is 44.3 Å². The van der Waals surface area contributed by atoms with Gasteiger partial charge in [0.25, 0.3) is 0 Å². The first-order chi connectivity index (χ1) is 14.7. The molecule has 0 spiro atoms. The van der Waals surface area contributed by atoms with Crippen LogP contribution >= 0.6 is 11.3 Å². The number of hydrogen-bond acceptors (Lipinski definition) is 6. The molecule has 1 fully saturated rings. The standard InChI is InChI=1S/C21H20F3N3O3S/c22-21(23,24)10-5-6-15-13(7-10)25-16(31-15)8-14-20(30)18-11-3-1-2-4-12(11)19(18)27(26-14)9-17(28)29/h5-7,11-12,14,26H,1-4,8-9H2,(H,28,29). The molecule has 2 heterocycles. The minimum Gasteiger partial charge on any atom is -0.480 e. The highest BCUT2D eigenvalue weighted by atomic mass is 32.1. The van der Waals surface area contributed by atoms with Gasteiger partial charge in [-0.2, -0.15) is 13.2 Å². The molecule has 5 rings (SSSR count). The normalized spacial score (nSPS) is 26.0. The van der Waals surface area contributed by atoms with Crippen molar-refractivity contribution in [3.63, 3.8) is 0 Å². The molecule has 3 atom stereocenters. The van der Waals surface area contributed by atoms with Gasteiger partial charge in [0.15, 0.2) is 5.78 Å². The minimum absolute atomic E-state index is 0.0463. The fourth-order valence-corrected chi connectivity index (χ4v) is 6.07. The van der Waals surface area contributed by atoms with E-state index in [1.165, 1.54) is 17.4 Å². The van der Waals surface area contributed by atoms with Gasteiger partial charge < -0.3 is 5.11 Å². The van der Waals surface area contributed by atoms with Crippen molar-refractivity contribution in [1.82, 2.24) is 15.4 Å². The molecule has 3 unspecified atom stereocenters. The number of aromatic nitrogens is 1. The van der Waals surface area contributed by atoms with Gasteiger partial charge in [0.1, 0.15) is 6.54 Å². The second kappa shape index (κ2) is 7.30. The summed E-state index contributed by atoms with van der Waals surface area (Å²) in [6, 6.07) is 2.76. The molecule has 164 valence electrons. The van der Waals surface area contributed by atoms with E-state index in [2.05, 4.69) is 10.4 Å². The van der Waals surface area contributed by atoms with Gasteiger partial charge in [-0.1, -0.05) is 12.8 Å². The maximum Gasteiger partial charge on any atom is 0.416 e. The van der Waals surface area contributed by atoms with E-state index in [1.54, 1.807) is 5.01 Å². The molecule has 2 aromatic rings. The molecular weight excluding hydrogens is 431 g/mol. The number of Topliss-reactive ketones (excluding diaryl/α,β-unsaturated/α-hetero) is 1. The molecule has 2 N–H and O–H groups in total. The molecule has 0 bridgehead atoms. The summed E-state index contributed by atoms with van der Waals surface area (Å²) in [4.78, 5) is 28.9. The highest BCUT2D eigenvalue weighted by Gasteiger charge is 2.51. The Balaban J connectivity index is 1.43. The van der Waals surface area contributed by atoms with Crippen LogP contribution in [0.3, 0.4) is 0 Å². The van der Waals surface area contributed by atoms with Gasteiger partial charge in [-0.05, 0) is 37.0 Å². The SMILES string of the molecule is O=C(O)CN1NC(Cc2nc3cc(C(F)(F)F)ccc3s2)C(=O)C2=C1C1CCCCC21. The smallest absolute Gasteiger partial charge is 0.416 e. The van der Waals surface area contributed by atoms with Crippen LogP contribution in [0.4, 0.5) is 13.2 Å². The quantitative estimate of drug-likeness (QED) is 0.737. The van der Waals surface area contributed by atoms with Crippen molar-refractivity contribution in [2.24, 2.45) is 11.8 Å². The molecule has 0 saturated heterocycles. The maximum atomic E-state index is 13.2. The Morgan fingerprint density at radius 3 is 2.71 bits per heavy atom. The Kier molecular flexibility index (Phi) is 4.82. The second-order valence-electron chi connectivity index (χ2n) is 8.31. The van der Waals surface area contributed by atoms with Crippen LogP contribution in [0, 0.1) is 11.8 Å². The first-order valence-corrected chi connectivity index (χ1v) is 11.0. The third kappa shape index (κ3) is 3.51. The first kappa shape index (κ1) is 20.4. The van der Waals surface area contributed by atoms with Crippen LogP contribution in [0.5, 0.6) is 0 Å². The lowest BCUT2D eigenvalue weighted by atomic mass is 9.61. The van der Waals surface area contributed by atoms with Crippen LogP contribution < -0.4 is 5.43 Å². The predicted octanol–water partition coefficient (Wildman–Crippen LogP) is 3.77. The van der Waals surface area contributed by atoms with E-state index in [1.807, 2.05) is 0 Å². The molecule has 2 aliphatic carbocycles. The van der Waals surface area contributed by atoms with E-state index in [4.69, 9.17) is 0 Å². The van der Waals surface area contributed by atoms with Crippen LogP contribution in [0.15, 0.2) is 29.5 Å². The Morgan fingerprint density at radius 1 is 1.26 bits per heavy atom. The van der Waals surface area contributed by atoms with Crippen molar-refractivity contribution in [2.75, 3.05) is 6.54 Å². The lowest BCUT2D eigenvalue weighted by molar-refractivity contribution is -0.141. The number of benzene rings is 1. The van der Waals surface area contributed by atoms with E-state index in [9.17, 15) is 27.9 Å². The topological polar surface area (TPSA) is 82.5 Å². The summed E-state index contributed by atoms with van der Waals surface area (Å²) in [7, 11) is 0. The number of hydrogen-bond donors (Lipinski definition) is 2. The first-order valence-electron chi connectivity index (χ1n) is 10.2. The Labute approximate surface area is 179 Å². The molecule has 0 radical (unpaired) electrons. The summed E-state index contributed by atoms with van der Waals surface area (Å²) in [6.45, 7) is -0.249. The van der Waals surface area contributed by atoms with Crippen LogP contribution in [0.2, 0.25) is 0 Å². The number of carbonyl (C=O) groups excluding carboxylic acids is 1. The number of rotatable bonds is 4. The number of carboxylic acids is 1. The third-order valence-electron chi connectivity index (χ3n) is 6.38. The van der Waals surface area contributed by atoms with Crippen LogP contribution in [0.1, 0.15) is 36.3 Å². The number of aliphatic carboxylic acids is 1. The summed E-state index contributed by atoms with van der Waals surface area (Å²) in [6.07, 6.45) is -0.226.